The van der Waals surface area contributed by atoms with E-state index in [2.05, 4.69) is 52.3 Å². The van der Waals surface area contributed by atoms with Crippen LogP contribution in [0.5, 0.6) is 0 Å². The number of nitrogens with one attached hydrogen (secondary N) is 1. The Kier molecular flexibility index (Phi) is 5.48. The van der Waals surface area contributed by atoms with Crippen LogP contribution in [0.4, 0.5) is 0 Å². The van der Waals surface area contributed by atoms with Crippen molar-refractivity contribution in [3.05, 3.63) is 48.5 Å². The molecule has 3 nitrogen and oxygen atoms in total. The van der Waals surface area contributed by atoms with Crippen LogP contribution >= 0.6 is 11.8 Å². The molecule has 4 heteroatoms. The summed E-state index contributed by atoms with van der Waals surface area (Å²) in [4.78, 5) is 5.38. The molecule has 102 valence electrons. The molecule has 1 aromatic heterocycles. The fraction of sp³-hybridized carbons (Fsp3) is 0.400. The quantitative estimate of drug-likeness (QED) is 0.788. The lowest BCUT2D eigenvalue weighted by atomic mass is 10.1. The molecule has 1 N–H and O–H groups in total. The van der Waals surface area contributed by atoms with Gasteiger partial charge in [0.25, 0.3) is 0 Å². The minimum atomic E-state index is 0.597. The monoisotopic (exact) mass is 275 g/mol. The molecular formula is C15H21N3S. The zero-order chi connectivity index (χ0) is 13.5. The summed E-state index contributed by atoms with van der Waals surface area (Å²) in [6.45, 7) is 5.22. The predicted molar refractivity (Wildman–Crippen MR) is 81.3 cm³/mol. The Hall–Kier alpha value is -1.26. The minimum absolute atomic E-state index is 0.597. The van der Waals surface area contributed by atoms with Gasteiger partial charge < -0.3 is 9.88 Å². The van der Waals surface area contributed by atoms with Gasteiger partial charge in [0.15, 0.2) is 0 Å². The number of rotatable bonds is 7. The molecule has 1 atom stereocenters. The summed E-state index contributed by atoms with van der Waals surface area (Å²) in [5.74, 6) is 0.597. The van der Waals surface area contributed by atoms with Gasteiger partial charge in [-0.3, -0.25) is 0 Å². The van der Waals surface area contributed by atoms with Gasteiger partial charge in [-0.1, -0.05) is 19.1 Å². The van der Waals surface area contributed by atoms with Crippen LogP contribution in [0, 0.1) is 5.92 Å². The number of imidazole rings is 1. The third-order valence-electron chi connectivity index (χ3n) is 3.06. The summed E-state index contributed by atoms with van der Waals surface area (Å²) in [6, 6.07) is 8.74. The molecule has 0 saturated heterocycles. The van der Waals surface area contributed by atoms with E-state index in [0.29, 0.717) is 5.92 Å². The molecule has 0 saturated carbocycles. The van der Waals surface area contributed by atoms with Gasteiger partial charge in [0.1, 0.15) is 0 Å². The van der Waals surface area contributed by atoms with E-state index in [1.165, 1.54) is 10.5 Å². The predicted octanol–water partition coefficient (Wildman–Crippen LogP) is 3.03. The van der Waals surface area contributed by atoms with Crippen LogP contribution in [0.25, 0.3) is 0 Å². The number of nitrogens with zero attached hydrogens (tertiary/aromatic N) is 2. The van der Waals surface area contributed by atoms with Crippen LogP contribution < -0.4 is 5.32 Å². The highest BCUT2D eigenvalue weighted by Gasteiger charge is 2.02. The molecule has 0 amide bonds. The van der Waals surface area contributed by atoms with Crippen molar-refractivity contribution in [2.24, 2.45) is 5.92 Å². The Balaban J connectivity index is 1.70. The van der Waals surface area contributed by atoms with E-state index in [1.807, 2.05) is 18.7 Å². The first-order valence-electron chi connectivity index (χ1n) is 6.57. The van der Waals surface area contributed by atoms with Crippen molar-refractivity contribution in [3.63, 3.8) is 0 Å². The topological polar surface area (TPSA) is 29.9 Å². The van der Waals surface area contributed by atoms with Gasteiger partial charge in [-0.2, -0.15) is 0 Å². The highest BCUT2D eigenvalue weighted by atomic mass is 32.2. The molecule has 2 aromatic rings. The fourth-order valence-corrected chi connectivity index (χ4v) is 2.43. The summed E-state index contributed by atoms with van der Waals surface area (Å²) in [6.07, 6.45) is 7.81. The van der Waals surface area contributed by atoms with Crippen molar-refractivity contribution >= 4 is 11.8 Å². The van der Waals surface area contributed by atoms with E-state index in [1.54, 1.807) is 11.8 Å². The highest BCUT2D eigenvalue weighted by Crippen LogP contribution is 2.14. The number of hydrogen-bond donors (Lipinski definition) is 1. The van der Waals surface area contributed by atoms with Gasteiger partial charge in [-0.05, 0) is 36.4 Å². The zero-order valence-electron chi connectivity index (χ0n) is 11.5. The maximum Gasteiger partial charge on any atom is 0.0946 e. The molecule has 1 heterocycles. The van der Waals surface area contributed by atoms with E-state index in [4.69, 9.17) is 0 Å². The first-order chi connectivity index (χ1) is 9.28. The Morgan fingerprint density at radius 1 is 1.32 bits per heavy atom. The van der Waals surface area contributed by atoms with Gasteiger partial charge in [0.2, 0.25) is 0 Å². The van der Waals surface area contributed by atoms with Crippen molar-refractivity contribution < 1.29 is 0 Å². The van der Waals surface area contributed by atoms with Gasteiger partial charge >= 0.3 is 0 Å². The average molecular weight is 275 g/mol. The molecule has 0 spiro atoms. The highest BCUT2D eigenvalue weighted by molar-refractivity contribution is 7.98. The lowest BCUT2D eigenvalue weighted by Gasteiger charge is -2.13. The standard InChI is InChI=1S/C15H21N3S/c1-13(11-18-8-7-16-12-18)9-17-10-14-3-5-15(19-2)6-4-14/h3-8,12-13,17H,9-11H2,1-2H3. The molecule has 0 fully saturated rings. The van der Waals surface area contributed by atoms with Crippen molar-refractivity contribution in [1.82, 2.24) is 14.9 Å². The molecule has 0 aliphatic carbocycles. The van der Waals surface area contributed by atoms with Crippen molar-refractivity contribution in [1.29, 1.82) is 0 Å². The Morgan fingerprint density at radius 2 is 2.11 bits per heavy atom. The first kappa shape index (κ1) is 14.2. The molecule has 1 unspecified atom stereocenters. The lowest BCUT2D eigenvalue weighted by Crippen LogP contribution is -2.23. The molecule has 19 heavy (non-hydrogen) atoms. The first-order valence-corrected chi connectivity index (χ1v) is 7.80. The van der Waals surface area contributed by atoms with Crippen molar-refractivity contribution in [2.75, 3.05) is 12.8 Å². The van der Waals surface area contributed by atoms with Gasteiger partial charge in [0, 0.05) is 30.4 Å². The van der Waals surface area contributed by atoms with E-state index in [-0.39, 0.29) is 0 Å². The second kappa shape index (κ2) is 7.36. The smallest absolute Gasteiger partial charge is 0.0946 e. The average Bonchev–Trinajstić information content (AvgIpc) is 2.92. The van der Waals surface area contributed by atoms with Crippen LogP contribution in [0.15, 0.2) is 47.9 Å². The van der Waals surface area contributed by atoms with Gasteiger partial charge in [-0.25, -0.2) is 4.98 Å². The van der Waals surface area contributed by atoms with E-state index in [9.17, 15) is 0 Å². The molecule has 0 aliphatic heterocycles. The zero-order valence-corrected chi connectivity index (χ0v) is 12.4. The van der Waals surface area contributed by atoms with E-state index < -0.39 is 0 Å². The molecule has 0 radical (unpaired) electrons. The summed E-state index contributed by atoms with van der Waals surface area (Å²) in [7, 11) is 0. The lowest BCUT2D eigenvalue weighted by molar-refractivity contribution is 0.445. The fourth-order valence-electron chi connectivity index (χ4n) is 2.03. The second-order valence-electron chi connectivity index (χ2n) is 4.84. The number of hydrogen-bond acceptors (Lipinski definition) is 3. The van der Waals surface area contributed by atoms with Crippen molar-refractivity contribution in [2.45, 2.75) is 24.9 Å². The Morgan fingerprint density at radius 3 is 2.74 bits per heavy atom. The summed E-state index contributed by atoms with van der Waals surface area (Å²) in [5, 5.41) is 3.51. The summed E-state index contributed by atoms with van der Waals surface area (Å²) >= 11 is 1.78. The summed E-state index contributed by atoms with van der Waals surface area (Å²) in [5.41, 5.74) is 1.34. The van der Waals surface area contributed by atoms with Crippen LogP contribution in [0.2, 0.25) is 0 Å². The number of aromatic nitrogens is 2. The molecule has 0 aliphatic rings. The largest absolute Gasteiger partial charge is 0.337 e. The van der Waals surface area contributed by atoms with Crippen LogP contribution in [-0.2, 0) is 13.1 Å². The number of benzene rings is 1. The van der Waals surface area contributed by atoms with Crippen molar-refractivity contribution in [3.8, 4) is 0 Å². The molecule has 1 aromatic carbocycles. The Bertz CT molecular complexity index is 465. The maximum atomic E-state index is 4.06. The van der Waals surface area contributed by atoms with E-state index in [0.717, 1.165) is 19.6 Å². The van der Waals surface area contributed by atoms with Crippen LogP contribution in [0.3, 0.4) is 0 Å². The normalized spacial score (nSPS) is 12.5. The van der Waals surface area contributed by atoms with Crippen LogP contribution in [-0.4, -0.2) is 22.4 Å². The van der Waals surface area contributed by atoms with Crippen LogP contribution in [0.1, 0.15) is 12.5 Å². The minimum Gasteiger partial charge on any atom is -0.337 e. The SMILES string of the molecule is CSc1ccc(CNCC(C)Cn2ccnc2)cc1. The Labute approximate surface area is 119 Å². The van der Waals surface area contributed by atoms with Gasteiger partial charge in [-0.15, -0.1) is 11.8 Å². The van der Waals surface area contributed by atoms with Gasteiger partial charge in [0.05, 0.1) is 6.33 Å². The molecular weight excluding hydrogens is 254 g/mol. The maximum absolute atomic E-state index is 4.06. The second-order valence-corrected chi connectivity index (χ2v) is 5.72. The third-order valence-corrected chi connectivity index (χ3v) is 3.81. The molecule has 0 bridgehead atoms. The summed E-state index contributed by atoms with van der Waals surface area (Å²) < 4.78 is 2.12. The number of thioether (sulfide) groups is 1. The third kappa shape index (κ3) is 4.73. The van der Waals surface area contributed by atoms with E-state index >= 15 is 0 Å². The molecule has 2 rings (SSSR count).